The molecule has 0 amide bonds. The van der Waals surface area contributed by atoms with Gasteiger partial charge in [-0.3, -0.25) is 4.90 Å². The Morgan fingerprint density at radius 1 is 1.00 bits per heavy atom. The summed E-state index contributed by atoms with van der Waals surface area (Å²) < 4.78 is 40.9. The number of halogens is 3. The zero-order valence-electron chi connectivity index (χ0n) is 15.9. The lowest BCUT2D eigenvalue weighted by Crippen LogP contribution is -2.58. The Morgan fingerprint density at radius 2 is 1.62 bits per heavy atom. The molecule has 0 saturated heterocycles. The number of hydrogen-bond acceptors (Lipinski definition) is 6. The summed E-state index contributed by atoms with van der Waals surface area (Å²) in [6, 6.07) is 7.62. The van der Waals surface area contributed by atoms with Crippen molar-refractivity contribution in [3.05, 3.63) is 41.7 Å². The van der Waals surface area contributed by atoms with Crippen LogP contribution in [-0.4, -0.2) is 27.4 Å². The lowest BCUT2D eigenvalue weighted by molar-refractivity contribution is -0.142. The number of anilines is 1. The van der Waals surface area contributed by atoms with Crippen molar-refractivity contribution in [1.29, 1.82) is 0 Å². The van der Waals surface area contributed by atoms with Crippen LogP contribution < -0.4 is 16.4 Å². The summed E-state index contributed by atoms with van der Waals surface area (Å²) in [7, 11) is 0. The minimum absolute atomic E-state index is 0.152. The van der Waals surface area contributed by atoms with Crippen molar-refractivity contribution in [2.45, 2.75) is 50.9 Å². The second-order valence-electron chi connectivity index (χ2n) is 7.42. The molecule has 1 aliphatic carbocycles. The Labute approximate surface area is 165 Å². The molecule has 1 saturated carbocycles. The topological polar surface area (TPSA) is 97.8 Å². The van der Waals surface area contributed by atoms with E-state index in [1.807, 2.05) is 4.90 Å². The van der Waals surface area contributed by atoms with Gasteiger partial charge in [0.1, 0.15) is 11.4 Å². The van der Waals surface area contributed by atoms with Crippen LogP contribution in [0.2, 0.25) is 0 Å². The molecular formula is C19H22F3N7. The van der Waals surface area contributed by atoms with Gasteiger partial charge in [-0.1, -0.05) is 6.42 Å². The third-order valence-electron chi connectivity index (χ3n) is 5.33. The summed E-state index contributed by atoms with van der Waals surface area (Å²) in [5.74, 6) is 0.386. The smallest absolute Gasteiger partial charge is 0.369 e. The first kappa shape index (κ1) is 19.3. The molecule has 0 bridgehead atoms. The third kappa shape index (κ3) is 3.43. The van der Waals surface area contributed by atoms with E-state index in [1.54, 1.807) is 24.3 Å². The number of nitrogens with two attached hydrogens (primary N) is 2. The van der Waals surface area contributed by atoms with Crippen LogP contribution in [0.5, 0.6) is 0 Å². The molecule has 0 atom stereocenters. The van der Waals surface area contributed by atoms with Crippen molar-refractivity contribution in [1.82, 2.24) is 9.78 Å². The Kier molecular flexibility index (Phi) is 4.51. The average molecular weight is 405 g/mol. The van der Waals surface area contributed by atoms with Crippen LogP contribution in [0.4, 0.5) is 18.9 Å². The van der Waals surface area contributed by atoms with Gasteiger partial charge in [-0.05, 0) is 62.9 Å². The number of nitrogens with zero attached hydrogens (tertiary/aromatic N) is 5. The molecule has 1 aliphatic heterocycles. The van der Waals surface area contributed by atoms with Gasteiger partial charge in [0, 0.05) is 5.69 Å². The lowest BCUT2D eigenvalue weighted by Gasteiger charge is -2.45. The van der Waals surface area contributed by atoms with E-state index < -0.39 is 17.5 Å². The molecule has 1 aromatic heterocycles. The van der Waals surface area contributed by atoms with Crippen molar-refractivity contribution in [3.63, 3.8) is 0 Å². The monoisotopic (exact) mass is 405 g/mol. The van der Waals surface area contributed by atoms with Crippen LogP contribution in [0, 0.1) is 6.92 Å². The van der Waals surface area contributed by atoms with Gasteiger partial charge >= 0.3 is 6.18 Å². The maximum absolute atomic E-state index is 13.3. The molecule has 1 spiro atoms. The highest BCUT2D eigenvalue weighted by Crippen LogP contribution is 2.40. The summed E-state index contributed by atoms with van der Waals surface area (Å²) in [6.07, 6.45) is 0.146. The van der Waals surface area contributed by atoms with Gasteiger partial charge in [-0.2, -0.15) is 23.3 Å². The Hall–Kier alpha value is -3.04. The standard InChI is InChI=1S/C19H22F3N7/c1-12-11-15(19(20,21)22)29(27-12)14-7-5-13(6-8-14)28-17(24)25-16(23)26-18(28)9-3-2-4-10-18/h5-8,11H,2-4,9-10H2,1H3,(H4,23,24,25,26). The van der Waals surface area contributed by atoms with Gasteiger partial charge in [0.25, 0.3) is 0 Å². The van der Waals surface area contributed by atoms with Crippen molar-refractivity contribution >= 4 is 17.6 Å². The number of hydrogen-bond donors (Lipinski definition) is 2. The summed E-state index contributed by atoms with van der Waals surface area (Å²) in [5.41, 5.74) is 11.9. The molecule has 7 nitrogen and oxygen atoms in total. The molecule has 29 heavy (non-hydrogen) atoms. The van der Waals surface area contributed by atoms with E-state index in [0.29, 0.717) is 17.1 Å². The van der Waals surface area contributed by atoms with E-state index in [-0.39, 0.29) is 11.9 Å². The molecule has 1 fully saturated rings. The van der Waals surface area contributed by atoms with E-state index in [9.17, 15) is 13.2 Å². The molecular weight excluding hydrogens is 383 g/mol. The Bertz CT molecular complexity index is 967. The fourth-order valence-corrected chi connectivity index (χ4v) is 4.14. The van der Waals surface area contributed by atoms with Crippen molar-refractivity contribution in [3.8, 4) is 5.69 Å². The lowest BCUT2D eigenvalue weighted by atomic mass is 9.87. The fraction of sp³-hybridized carbons (Fsp3) is 0.421. The maximum atomic E-state index is 13.3. The van der Waals surface area contributed by atoms with Gasteiger partial charge in [0.2, 0.25) is 11.9 Å². The van der Waals surface area contributed by atoms with Gasteiger partial charge < -0.3 is 11.5 Å². The molecule has 0 radical (unpaired) electrons. The zero-order valence-corrected chi connectivity index (χ0v) is 15.9. The van der Waals surface area contributed by atoms with Crippen molar-refractivity contribution in [2.24, 2.45) is 21.5 Å². The summed E-state index contributed by atoms with van der Waals surface area (Å²) in [6.45, 7) is 1.53. The largest absolute Gasteiger partial charge is 0.433 e. The molecule has 4 rings (SSSR count). The molecule has 2 heterocycles. The highest BCUT2D eigenvalue weighted by Gasteiger charge is 2.42. The van der Waals surface area contributed by atoms with Crippen molar-refractivity contribution < 1.29 is 13.2 Å². The van der Waals surface area contributed by atoms with Gasteiger partial charge in [-0.25, -0.2) is 9.67 Å². The van der Waals surface area contributed by atoms with E-state index in [0.717, 1.165) is 42.9 Å². The average Bonchev–Trinajstić information content (AvgIpc) is 3.04. The molecule has 154 valence electrons. The second-order valence-corrected chi connectivity index (χ2v) is 7.42. The third-order valence-corrected chi connectivity index (χ3v) is 5.33. The summed E-state index contributed by atoms with van der Waals surface area (Å²) >= 11 is 0. The number of aromatic nitrogens is 2. The number of aliphatic imine (C=N–C) groups is 2. The molecule has 0 unspecified atom stereocenters. The SMILES string of the molecule is Cc1cc(C(F)(F)F)n(-c2ccc(N3C(N)=NC(N)=NC34CCCCC4)cc2)n1. The highest BCUT2D eigenvalue weighted by molar-refractivity contribution is 6.05. The summed E-state index contributed by atoms with van der Waals surface area (Å²) in [4.78, 5) is 10.5. The molecule has 1 aromatic carbocycles. The minimum Gasteiger partial charge on any atom is -0.369 e. The van der Waals surface area contributed by atoms with Gasteiger partial charge in [0.05, 0.1) is 11.4 Å². The summed E-state index contributed by atoms with van der Waals surface area (Å²) in [5, 5.41) is 3.99. The number of alkyl halides is 3. The first-order valence-electron chi connectivity index (χ1n) is 9.44. The van der Waals surface area contributed by atoms with E-state index >= 15 is 0 Å². The van der Waals surface area contributed by atoms with Crippen LogP contribution in [0.15, 0.2) is 40.3 Å². The highest BCUT2D eigenvalue weighted by atomic mass is 19.4. The number of rotatable bonds is 2. The Balaban J connectivity index is 1.72. The van der Waals surface area contributed by atoms with Crippen LogP contribution >= 0.6 is 0 Å². The molecule has 10 heteroatoms. The van der Waals surface area contributed by atoms with Crippen LogP contribution in [-0.2, 0) is 6.18 Å². The zero-order chi connectivity index (χ0) is 20.8. The normalized spacial score (nSPS) is 19.2. The van der Waals surface area contributed by atoms with E-state index in [2.05, 4.69) is 15.1 Å². The molecule has 4 N–H and O–H groups in total. The number of aryl methyl sites for hydroxylation is 1. The first-order valence-corrected chi connectivity index (χ1v) is 9.44. The Morgan fingerprint density at radius 3 is 2.24 bits per heavy atom. The molecule has 2 aliphatic rings. The predicted molar refractivity (Wildman–Crippen MR) is 105 cm³/mol. The van der Waals surface area contributed by atoms with Crippen LogP contribution in [0.3, 0.4) is 0 Å². The predicted octanol–water partition coefficient (Wildman–Crippen LogP) is 3.31. The van der Waals surface area contributed by atoms with Gasteiger partial charge in [-0.15, -0.1) is 0 Å². The second kappa shape index (κ2) is 6.78. The first-order chi connectivity index (χ1) is 13.7. The van der Waals surface area contributed by atoms with Crippen LogP contribution in [0.1, 0.15) is 43.5 Å². The maximum Gasteiger partial charge on any atom is 0.433 e. The van der Waals surface area contributed by atoms with E-state index in [1.165, 1.54) is 6.92 Å². The van der Waals surface area contributed by atoms with Gasteiger partial charge in [0.15, 0.2) is 0 Å². The van der Waals surface area contributed by atoms with Crippen molar-refractivity contribution in [2.75, 3.05) is 4.90 Å². The number of guanidine groups is 2. The quantitative estimate of drug-likeness (QED) is 0.801. The number of benzene rings is 1. The molecule has 2 aromatic rings. The fourth-order valence-electron chi connectivity index (χ4n) is 4.14. The van der Waals surface area contributed by atoms with Crippen LogP contribution in [0.25, 0.3) is 5.69 Å². The van der Waals surface area contributed by atoms with E-state index in [4.69, 9.17) is 11.5 Å². The minimum atomic E-state index is -4.50.